The van der Waals surface area contributed by atoms with Crippen LogP contribution in [0.4, 0.5) is 0 Å². The molecule has 3 fully saturated rings. The standard InChI is InChI=1S/C14H22Br2O/c15-11-9-13-7-5-3-1-2-4-6-8-14(13,17-13)10-12(11)16/h11-12H,1-10H2. The lowest BCUT2D eigenvalue weighted by Crippen LogP contribution is -2.40. The van der Waals surface area contributed by atoms with Gasteiger partial charge < -0.3 is 4.74 Å². The van der Waals surface area contributed by atoms with Crippen LogP contribution >= 0.6 is 31.9 Å². The molecule has 1 aliphatic heterocycles. The molecule has 0 bridgehead atoms. The van der Waals surface area contributed by atoms with Gasteiger partial charge in [-0.3, -0.25) is 0 Å². The van der Waals surface area contributed by atoms with E-state index in [9.17, 15) is 0 Å². The molecule has 3 rings (SSSR count). The van der Waals surface area contributed by atoms with Gasteiger partial charge in [0.05, 0.1) is 11.2 Å². The highest BCUT2D eigenvalue weighted by molar-refractivity contribution is 9.12. The second-order valence-corrected chi connectivity index (χ2v) is 8.50. The molecule has 2 saturated carbocycles. The molecule has 1 saturated heterocycles. The molecule has 0 N–H and O–H groups in total. The van der Waals surface area contributed by atoms with E-state index in [0.717, 1.165) is 0 Å². The highest BCUT2D eigenvalue weighted by atomic mass is 79.9. The summed E-state index contributed by atoms with van der Waals surface area (Å²) in [6.45, 7) is 0. The van der Waals surface area contributed by atoms with Gasteiger partial charge in [0, 0.05) is 9.65 Å². The highest BCUT2D eigenvalue weighted by Gasteiger charge is 2.71. The van der Waals surface area contributed by atoms with E-state index in [1.165, 1.54) is 64.2 Å². The molecule has 4 unspecified atom stereocenters. The van der Waals surface area contributed by atoms with E-state index in [2.05, 4.69) is 31.9 Å². The van der Waals surface area contributed by atoms with E-state index in [4.69, 9.17) is 4.74 Å². The number of ether oxygens (including phenoxy) is 1. The third-order valence-electron chi connectivity index (χ3n) is 5.03. The molecule has 0 amide bonds. The second kappa shape index (κ2) is 4.79. The van der Waals surface area contributed by atoms with Crippen molar-refractivity contribution >= 4 is 31.9 Å². The van der Waals surface area contributed by atoms with Crippen LogP contribution in [0.5, 0.6) is 0 Å². The predicted molar refractivity (Wildman–Crippen MR) is 78.1 cm³/mol. The van der Waals surface area contributed by atoms with Crippen LogP contribution < -0.4 is 0 Å². The summed E-state index contributed by atoms with van der Waals surface area (Å²) >= 11 is 7.65. The van der Waals surface area contributed by atoms with Gasteiger partial charge in [0.1, 0.15) is 0 Å². The fourth-order valence-corrected chi connectivity index (χ4v) is 5.40. The topological polar surface area (TPSA) is 12.5 Å². The number of epoxide rings is 1. The van der Waals surface area contributed by atoms with Crippen LogP contribution in [0, 0.1) is 0 Å². The molecule has 0 aromatic heterocycles. The van der Waals surface area contributed by atoms with Crippen molar-refractivity contribution in [3.05, 3.63) is 0 Å². The minimum absolute atomic E-state index is 0.253. The Balaban J connectivity index is 1.74. The van der Waals surface area contributed by atoms with Crippen molar-refractivity contribution in [3.63, 3.8) is 0 Å². The van der Waals surface area contributed by atoms with Gasteiger partial charge in [0.15, 0.2) is 0 Å². The molecule has 98 valence electrons. The predicted octanol–water partition coefficient (Wildman–Crippen LogP) is 4.95. The number of hydrogen-bond donors (Lipinski definition) is 0. The lowest BCUT2D eigenvalue weighted by atomic mass is 9.74. The maximum Gasteiger partial charge on any atom is 0.0991 e. The van der Waals surface area contributed by atoms with Gasteiger partial charge in [0.25, 0.3) is 0 Å². The van der Waals surface area contributed by atoms with Gasteiger partial charge in [-0.1, -0.05) is 70.4 Å². The summed E-state index contributed by atoms with van der Waals surface area (Å²) in [5, 5.41) is 0. The summed E-state index contributed by atoms with van der Waals surface area (Å²) in [7, 11) is 0. The first-order chi connectivity index (χ1) is 8.18. The molecule has 0 radical (unpaired) electrons. The number of halogens is 2. The maximum atomic E-state index is 6.37. The Hall–Kier alpha value is 0.920. The first-order valence-corrected chi connectivity index (χ1v) is 8.99. The molecule has 0 aromatic rings. The Bertz CT molecular complexity index is 260. The van der Waals surface area contributed by atoms with Gasteiger partial charge in [-0.15, -0.1) is 0 Å². The molecule has 0 aromatic carbocycles. The van der Waals surface area contributed by atoms with E-state index in [0.29, 0.717) is 9.65 Å². The zero-order chi connectivity index (χ0) is 11.9. The Morgan fingerprint density at radius 3 is 1.59 bits per heavy atom. The van der Waals surface area contributed by atoms with Gasteiger partial charge in [-0.2, -0.15) is 0 Å². The van der Waals surface area contributed by atoms with Crippen molar-refractivity contribution in [1.29, 1.82) is 0 Å². The van der Waals surface area contributed by atoms with Crippen molar-refractivity contribution in [1.82, 2.24) is 0 Å². The SMILES string of the molecule is BrC1CC23CCCCCCCCC2(CC1Br)O3. The zero-order valence-electron chi connectivity index (χ0n) is 10.4. The van der Waals surface area contributed by atoms with Crippen molar-refractivity contribution in [2.24, 2.45) is 0 Å². The lowest BCUT2D eigenvalue weighted by molar-refractivity contribution is 0.246. The quantitative estimate of drug-likeness (QED) is 0.437. The van der Waals surface area contributed by atoms with Crippen molar-refractivity contribution < 1.29 is 4.74 Å². The van der Waals surface area contributed by atoms with Crippen LogP contribution in [-0.4, -0.2) is 20.9 Å². The molecule has 4 atom stereocenters. The van der Waals surface area contributed by atoms with Crippen LogP contribution in [-0.2, 0) is 4.74 Å². The Labute approximate surface area is 121 Å². The first kappa shape index (κ1) is 12.9. The molecule has 1 nitrogen and oxygen atoms in total. The largest absolute Gasteiger partial charge is 0.362 e. The molecular weight excluding hydrogens is 344 g/mol. The minimum Gasteiger partial charge on any atom is -0.362 e. The van der Waals surface area contributed by atoms with Gasteiger partial charge >= 0.3 is 0 Å². The first-order valence-electron chi connectivity index (χ1n) is 7.16. The highest BCUT2D eigenvalue weighted by Crippen LogP contribution is 2.64. The summed E-state index contributed by atoms with van der Waals surface area (Å²) in [5.41, 5.74) is 0.506. The minimum atomic E-state index is 0.253. The average Bonchev–Trinajstić information content (AvgIpc) is 2.92. The molecular formula is C14H22Br2O. The van der Waals surface area contributed by atoms with Crippen molar-refractivity contribution in [2.45, 2.75) is 85.1 Å². The Kier molecular flexibility index (Phi) is 3.64. The third-order valence-corrected chi connectivity index (χ3v) is 7.67. The van der Waals surface area contributed by atoms with Gasteiger partial charge in [0.2, 0.25) is 0 Å². The summed E-state index contributed by atoms with van der Waals surface area (Å²) in [6.07, 6.45) is 13.4. The molecule has 1 heterocycles. The van der Waals surface area contributed by atoms with E-state index < -0.39 is 0 Å². The average molecular weight is 366 g/mol. The fourth-order valence-electron chi connectivity index (χ4n) is 3.98. The van der Waals surface area contributed by atoms with E-state index in [-0.39, 0.29) is 11.2 Å². The normalized spacial score (nSPS) is 51.2. The third kappa shape index (κ3) is 2.25. The summed E-state index contributed by atoms with van der Waals surface area (Å²) in [6, 6.07) is 0. The van der Waals surface area contributed by atoms with Crippen LogP contribution in [0.2, 0.25) is 0 Å². The summed E-state index contributed by atoms with van der Waals surface area (Å²) in [4.78, 5) is 1.20. The number of rotatable bonds is 0. The summed E-state index contributed by atoms with van der Waals surface area (Å²) < 4.78 is 6.37. The lowest BCUT2D eigenvalue weighted by Gasteiger charge is -2.32. The van der Waals surface area contributed by atoms with E-state index >= 15 is 0 Å². The fraction of sp³-hybridized carbons (Fsp3) is 1.00. The van der Waals surface area contributed by atoms with Crippen LogP contribution in [0.25, 0.3) is 0 Å². The van der Waals surface area contributed by atoms with Crippen LogP contribution in [0.1, 0.15) is 64.2 Å². The second-order valence-electron chi connectivity index (χ2n) is 6.15. The smallest absolute Gasteiger partial charge is 0.0991 e. The number of alkyl halides is 2. The molecule has 3 heteroatoms. The van der Waals surface area contributed by atoms with E-state index in [1.54, 1.807) is 0 Å². The molecule has 0 spiro atoms. The number of hydrogen-bond acceptors (Lipinski definition) is 1. The maximum absolute atomic E-state index is 6.37. The molecule has 17 heavy (non-hydrogen) atoms. The Morgan fingerprint density at radius 1 is 0.706 bits per heavy atom. The Morgan fingerprint density at radius 2 is 1.12 bits per heavy atom. The zero-order valence-corrected chi connectivity index (χ0v) is 13.6. The summed E-state index contributed by atoms with van der Waals surface area (Å²) in [5.74, 6) is 0. The molecule has 3 aliphatic rings. The molecule has 2 aliphatic carbocycles. The van der Waals surface area contributed by atoms with Gasteiger partial charge in [-0.05, 0) is 25.7 Å². The van der Waals surface area contributed by atoms with E-state index in [1.807, 2.05) is 0 Å². The van der Waals surface area contributed by atoms with Crippen molar-refractivity contribution in [2.75, 3.05) is 0 Å². The van der Waals surface area contributed by atoms with Crippen LogP contribution in [0.15, 0.2) is 0 Å². The van der Waals surface area contributed by atoms with Gasteiger partial charge in [-0.25, -0.2) is 0 Å². The van der Waals surface area contributed by atoms with Crippen LogP contribution in [0.3, 0.4) is 0 Å². The monoisotopic (exact) mass is 364 g/mol. The van der Waals surface area contributed by atoms with Crippen molar-refractivity contribution in [3.8, 4) is 0 Å².